The Balaban J connectivity index is 2.06. The van der Waals surface area contributed by atoms with E-state index in [0.29, 0.717) is 11.8 Å². The summed E-state index contributed by atoms with van der Waals surface area (Å²) < 4.78 is 0. The van der Waals surface area contributed by atoms with E-state index in [1.807, 2.05) is 18.3 Å². The number of hydrogen-bond acceptors (Lipinski definition) is 1. The minimum Gasteiger partial charge on any atom is -0.387 e. The molecule has 0 saturated heterocycles. The van der Waals surface area contributed by atoms with E-state index in [1.165, 1.54) is 6.42 Å². The first kappa shape index (κ1) is 6.92. The maximum atomic E-state index is 9.69. The first-order valence-electron chi connectivity index (χ1n) is 4.10. The highest BCUT2D eigenvalue weighted by Crippen LogP contribution is 2.46. The van der Waals surface area contributed by atoms with Crippen LogP contribution in [0.4, 0.5) is 0 Å². The summed E-state index contributed by atoms with van der Waals surface area (Å²) in [6.45, 7) is 2.18. The van der Waals surface area contributed by atoms with Crippen LogP contribution < -0.4 is 0 Å². The molecular weight excluding hydrogens is 138 g/mol. The highest BCUT2D eigenvalue weighted by atomic mass is 16.3. The molecule has 2 heteroatoms. The van der Waals surface area contributed by atoms with Crippen molar-refractivity contribution in [3.8, 4) is 0 Å². The van der Waals surface area contributed by atoms with E-state index in [9.17, 15) is 5.11 Å². The molecule has 1 fully saturated rings. The third kappa shape index (κ3) is 1.18. The molecular formula is C9H13NO. The monoisotopic (exact) mass is 151 g/mol. The Morgan fingerprint density at radius 1 is 1.73 bits per heavy atom. The van der Waals surface area contributed by atoms with Crippen molar-refractivity contribution in [1.82, 2.24) is 4.98 Å². The van der Waals surface area contributed by atoms with Gasteiger partial charge in [0.05, 0.1) is 6.10 Å². The fourth-order valence-corrected chi connectivity index (χ4v) is 1.55. The van der Waals surface area contributed by atoms with Gasteiger partial charge in [-0.25, -0.2) is 0 Å². The van der Waals surface area contributed by atoms with Crippen molar-refractivity contribution >= 4 is 0 Å². The van der Waals surface area contributed by atoms with Gasteiger partial charge in [0.2, 0.25) is 0 Å². The van der Waals surface area contributed by atoms with Crippen molar-refractivity contribution in [3.05, 3.63) is 24.0 Å². The Kier molecular flexibility index (Phi) is 1.50. The van der Waals surface area contributed by atoms with Gasteiger partial charge in [-0.1, -0.05) is 6.92 Å². The lowest BCUT2D eigenvalue weighted by Crippen LogP contribution is -2.00. The molecule has 2 rings (SSSR count). The normalized spacial score (nSPS) is 31.8. The van der Waals surface area contributed by atoms with Gasteiger partial charge >= 0.3 is 0 Å². The van der Waals surface area contributed by atoms with E-state index < -0.39 is 0 Å². The highest BCUT2D eigenvalue weighted by molar-refractivity contribution is 5.10. The molecule has 0 bridgehead atoms. The van der Waals surface area contributed by atoms with Gasteiger partial charge in [-0.15, -0.1) is 0 Å². The molecule has 3 unspecified atom stereocenters. The van der Waals surface area contributed by atoms with Crippen LogP contribution in [0.25, 0.3) is 0 Å². The Bertz CT molecular complexity index is 230. The molecule has 2 nitrogen and oxygen atoms in total. The topological polar surface area (TPSA) is 36.0 Å². The van der Waals surface area contributed by atoms with Gasteiger partial charge in [0.1, 0.15) is 0 Å². The van der Waals surface area contributed by atoms with E-state index >= 15 is 0 Å². The lowest BCUT2D eigenvalue weighted by molar-refractivity contribution is 0.144. The molecule has 0 radical (unpaired) electrons. The summed E-state index contributed by atoms with van der Waals surface area (Å²) in [7, 11) is 0. The van der Waals surface area contributed by atoms with E-state index in [-0.39, 0.29) is 6.10 Å². The number of hydrogen-bond donors (Lipinski definition) is 2. The molecule has 2 N–H and O–H groups in total. The molecule has 0 aliphatic heterocycles. The summed E-state index contributed by atoms with van der Waals surface area (Å²) in [6.07, 6.45) is 2.76. The SMILES string of the molecule is CC1CC1C(O)c1ccc[nH]1. The molecule has 3 atom stereocenters. The number of aromatic nitrogens is 1. The van der Waals surface area contributed by atoms with Crippen molar-refractivity contribution in [2.75, 3.05) is 0 Å². The number of rotatable bonds is 2. The Morgan fingerprint density at radius 3 is 2.91 bits per heavy atom. The fourth-order valence-electron chi connectivity index (χ4n) is 1.55. The maximum absolute atomic E-state index is 9.69. The predicted molar refractivity (Wildman–Crippen MR) is 43.0 cm³/mol. The van der Waals surface area contributed by atoms with Crippen LogP contribution in [0.15, 0.2) is 18.3 Å². The van der Waals surface area contributed by atoms with E-state index in [2.05, 4.69) is 11.9 Å². The van der Waals surface area contributed by atoms with Crippen molar-refractivity contribution < 1.29 is 5.11 Å². The summed E-state index contributed by atoms with van der Waals surface area (Å²) in [5.74, 6) is 1.20. The summed E-state index contributed by atoms with van der Waals surface area (Å²) in [4.78, 5) is 3.03. The van der Waals surface area contributed by atoms with Gasteiger partial charge in [-0.2, -0.15) is 0 Å². The van der Waals surface area contributed by atoms with Crippen LogP contribution in [-0.2, 0) is 0 Å². The van der Waals surface area contributed by atoms with Crippen molar-refractivity contribution in [3.63, 3.8) is 0 Å². The number of nitrogens with one attached hydrogen (secondary N) is 1. The Labute approximate surface area is 66.3 Å². The third-order valence-electron chi connectivity index (χ3n) is 2.52. The van der Waals surface area contributed by atoms with E-state index in [4.69, 9.17) is 0 Å². The molecule has 60 valence electrons. The summed E-state index contributed by atoms with van der Waals surface area (Å²) >= 11 is 0. The molecule has 11 heavy (non-hydrogen) atoms. The number of aliphatic hydroxyl groups excluding tert-OH is 1. The minimum atomic E-state index is -0.264. The van der Waals surface area contributed by atoms with Crippen LogP contribution in [0.2, 0.25) is 0 Å². The Morgan fingerprint density at radius 2 is 2.45 bits per heavy atom. The zero-order valence-electron chi connectivity index (χ0n) is 6.62. The molecule has 1 aliphatic rings. The second kappa shape index (κ2) is 2.38. The summed E-state index contributed by atoms with van der Waals surface area (Å²) in [5.41, 5.74) is 0.958. The van der Waals surface area contributed by atoms with Gasteiger partial charge < -0.3 is 10.1 Å². The zero-order chi connectivity index (χ0) is 7.84. The first-order chi connectivity index (χ1) is 5.29. The van der Waals surface area contributed by atoms with Crippen molar-refractivity contribution in [2.45, 2.75) is 19.4 Å². The van der Waals surface area contributed by atoms with Crippen LogP contribution in [-0.4, -0.2) is 10.1 Å². The molecule has 1 saturated carbocycles. The van der Waals surface area contributed by atoms with Crippen LogP contribution in [0, 0.1) is 11.8 Å². The van der Waals surface area contributed by atoms with Crippen LogP contribution >= 0.6 is 0 Å². The number of aromatic amines is 1. The van der Waals surface area contributed by atoms with E-state index in [0.717, 1.165) is 5.69 Å². The highest BCUT2D eigenvalue weighted by Gasteiger charge is 2.39. The van der Waals surface area contributed by atoms with Crippen molar-refractivity contribution in [2.24, 2.45) is 11.8 Å². The minimum absolute atomic E-state index is 0.264. The van der Waals surface area contributed by atoms with Gasteiger partial charge in [-0.3, -0.25) is 0 Å². The van der Waals surface area contributed by atoms with Gasteiger partial charge in [0.15, 0.2) is 0 Å². The third-order valence-corrected chi connectivity index (χ3v) is 2.52. The van der Waals surface area contributed by atoms with Gasteiger partial charge in [0.25, 0.3) is 0 Å². The largest absolute Gasteiger partial charge is 0.387 e. The molecule has 0 amide bonds. The lowest BCUT2D eigenvalue weighted by Gasteiger charge is -2.06. The smallest absolute Gasteiger partial charge is 0.0968 e. The van der Waals surface area contributed by atoms with E-state index in [1.54, 1.807) is 0 Å². The average Bonchev–Trinajstić information content (AvgIpc) is 2.56. The second-order valence-corrected chi connectivity index (χ2v) is 3.45. The number of aliphatic hydroxyl groups is 1. The lowest BCUT2D eigenvalue weighted by atomic mass is 10.1. The summed E-state index contributed by atoms with van der Waals surface area (Å²) in [5, 5.41) is 9.69. The van der Waals surface area contributed by atoms with Gasteiger partial charge in [0, 0.05) is 11.9 Å². The summed E-state index contributed by atoms with van der Waals surface area (Å²) in [6, 6.07) is 3.86. The number of H-pyrrole nitrogens is 1. The maximum Gasteiger partial charge on any atom is 0.0968 e. The molecule has 1 aliphatic carbocycles. The quantitative estimate of drug-likeness (QED) is 0.663. The predicted octanol–water partition coefficient (Wildman–Crippen LogP) is 1.70. The van der Waals surface area contributed by atoms with Crippen molar-refractivity contribution in [1.29, 1.82) is 0 Å². The van der Waals surface area contributed by atoms with Crippen LogP contribution in [0.1, 0.15) is 25.1 Å². The molecule has 1 aromatic heterocycles. The fraction of sp³-hybridized carbons (Fsp3) is 0.556. The molecule has 1 aromatic rings. The van der Waals surface area contributed by atoms with Crippen LogP contribution in [0.5, 0.6) is 0 Å². The van der Waals surface area contributed by atoms with Crippen LogP contribution in [0.3, 0.4) is 0 Å². The molecule has 0 spiro atoms. The standard InChI is InChI=1S/C9H13NO/c1-6-5-7(6)9(11)8-3-2-4-10-8/h2-4,6-7,9-11H,5H2,1H3. The first-order valence-corrected chi connectivity index (χ1v) is 4.10. The molecule has 1 heterocycles. The second-order valence-electron chi connectivity index (χ2n) is 3.45. The van der Waals surface area contributed by atoms with Gasteiger partial charge in [-0.05, 0) is 30.4 Å². The molecule has 0 aromatic carbocycles. The zero-order valence-corrected chi connectivity index (χ0v) is 6.62. The Hall–Kier alpha value is -0.760. The average molecular weight is 151 g/mol.